The molecule has 7 heteroatoms. The fourth-order valence-corrected chi connectivity index (χ4v) is 3.10. The van der Waals surface area contributed by atoms with Crippen LogP contribution in [-0.4, -0.2) is 47.9 Å². The Hall–Kier alpha value is -2.93. The lowest BCUT2D eigenvalue weighted by Gasteiger charge is -2.36. The highest BCUT2D eigenvalue weighted by Crippen LogP contribution is 2.15. The number of carbonyl (C=O) groups excluding carboxylic acids is 2. The summed E-state index contributed by atoms with van der Waals surface area (Å²) in [6.45, 7) is 5.41. The largest absolute Gasteiger partial charge is 0.384 e. The van der Waals surface area contributed by atoms with Crippen LogP contribution < -0.4 is 16.4 Å². The van der Waals surface area contributed by atoms with Crippen molar-refractivity contribution >= 4 is 18.1 Å². The van der Waals surface area contributed by atoms with E-state index in [4.69, 9.17) is 5.73 Å². The molecule has 2 aromatic rings. The summed E-state index contributed by atoms with van der Waals surface area (Å²) in [6, 6.07) is 15.2. The molecule has 2 fully saturated rings. The number of nitrogens with one attached hydrogen (secondary N) is 2. The summed E-state index contributed by atoms with van der Waals surface area (Å²) in [7, 11) is 0. The van der Waals surface area contributed by atoms with Crippen LogP contribution in [-0.2, 0) is 16.1 Å². The number of pyridine rings is 1. The number of hydrogen-bond donors (Lipinski definition) is 3. The van der Waals surface area contributed by atoms with Gasteiger partial charge in [-0.3, -0.25) is 9.59 Å². The third-order valence-corrected chi connectivity index (χ3v) is 5.04. The van der Waals surface area contributed by atoms with Gasteiger partial charge in [-0.15, -0.1) is 0 Å². The quantitative estimate of drug-likeness (QED) is 0.670. The molecule has 0 radical (unpaired) electrons. The zero-order chi connectivity index (χ0) is 21.6. The van der Waals surface area contributed by atoms with Crippen LogP contribution in [0, 0.1) is 6.92 Å². The molecule has 0 aliphatic carbocycles. The molecule has 1 unspecified atom stereocenters. The molecule has 0 bridgehead atoms. The Balaban J connectivity index is 0.000000215. The van der Waals surface area contributed by atoms with Crippen molar-refractivity contribution in [3.63, 3.8) is 0 Å². The van der Waals surface area contributed by atoms with Crippen LogP contribution in [0.4, 0.5) is 5.82 Å². The fraction of sp³-hybridized carbons (Fsp3) is 0.435. The zero-order valence-corrected chi connectivity index (χ0v) is 17.7. The summed E-state index contributed by atoms with van der Waals surface area (Å²) in [5.41, 5.74) is 7.28. The van der Waals surface area contributed by atoms with Gasteiger partial charge in [0.1, 0.15) is 11.9 Å². The number of likely N-dealkylation sites (tertiary alicyclic amines) is 1. The first-order valence-electron chi connectivity index (χ1n) is 10.5. The van der Waals surface area contributed by atoms with Crippen molar-refractivity contribution in [2.24, 2.45) is 0 Å². The molecule has 4 N–H and O–H groups in total. The molecule has 1 aromatic heterocycles. The molecule has 30 heavy (non-hydrogen) atoms. The summed E-state index contributed by atoms with van der Waals surface area (Å²) >= 11 is 0. The SMILES string of the molecule is C1CCNCC1.Cc1nc(N)ccc1CNC(=O)C1CCN1C=O.c1ccccc1. The second kappa shape index (κ2) is 13.3. The normalized spacial score (nSPS) is 17.2. The average molecular weight is 412 g/mol. The minimum atomic E-state index is -0.315. The van der Waals surface area contributed by atoms with E-state index < -0.39 is 0 Å². The molecule has 1 aromatic carbocycles. The Bertz CT molecular complexity index is 727. The molecule has 4 rings (SSSR count). The molecular formula is C23H33N5O2. The molecule has 3 heterocycles. The third-order valence-electron chi connectivity index (χ3n) is 5.04. The summed E-state index contributed by atoms with van der Waals surface area (Å²) in [4.78, 5) is 28.0. The smallest absolute Gasteiger partial charge is 0.243 e. The summed E-state index contributed by atoms with van der Waals surface area (Å²) in [5.74, 6) is 0.346. The number of anilines is 1. The number of nitrogen functional groups attached to an aromatic ring is 1. The van der Waals surface area contributed by atoms with Gasteiger partial charge in [0, 0.05) is 18.8 Å². The number of aryl methyl sites for hydroxylation is 1. The van der Waals surface area contributed by atoms with E-state index in [1.165, 1.54) is 37.3 Å². The number of nitrogens with two attached hydrogens (primary N) is 1. The van der Waals surface area contributed by atoms with Gasteiger partial charge in [0.05, 0.1) is 0 Å². The van der Waals surface area contributed by atoms with Crippen molar-refractivity contribution in [1.29, 1.82) is 0 Å². The van der Waals surface area contributed by atoms with E-state index in [1.807, 2.05) is 49.4 Å². The van der Waals surface area contributed by atoms with Gasteiger partial charge in [-0.2, -0.15) is 0 Å². The highest BCUT2D eigenvalue weighted by molar-refractivity contribution is 5.84. The summed E-state index contributed by atoms with van der Waals surface area (Å²) in [5, 5.41) is 6.09. The van der Waals surface area contributed by atoms with Crippen molar-refractivity contribution in [2.45, 2.75) is 45.2 Å². The number of carbonyl (C=O) groups is 2. The first-order valence-corrected chi connectivity index (χ1v) is 10.5. The molecular weight excluding hydrogens is 378 g/mol. The molecule has 0 spiro atoms. The fourth-order valence-electron chi connectivity index (χ4n) is 3.10. The zero-order valence-electron chi connectivity index (χ0n) is 17.7. The Morgan fingerprint density at radius 3 is 2.20 bits per heavy atom. The van der Waals surface area contributed by atoms with E-state index >= 15 is 0 Å². The number of rotatable bonds is 4. The molecule has 2 aliphatic heterocycles. The van der Waals surface area contributed by atoms with E-state index in [-0.39, 0.29) is 11.9 Å². The minimum Gasteiger partial charge on any atom is -0.384 e. The van der Waals surface area contributed by atoms with E-state index in [1.54, 1.807) is 6.07 Å². The van der Waals surface area contributed by atoms with Crippen LogP contribution in [0.5, 0.6) is 0 Å². The Morgan fingerprint density at radius 1 is 1.17 bits per heavy atom. The molecule has 162 valence electrons. The Labute approximate surface area is 179 Å². The summed E-state index contributed by atoms with van der Waals surface area (Å²) in [6.07, 6.45) is 5.65. The van der Waals surface area contributed by atoms with Gasteiger partial charge >= 0.3 is 0 Å². The van der Waals surface area contributed by atoms with Crippen molar-refractivity contribution in [1.82, 2.24) is 20.5 Å². The maximum Gasteiger partial charge on any atom is 0.243 e. The minimum absolute atomic E-state index is 0.121. The second-order valence-electron chi connectivity index (χ2n) is 7.31. The van der Waals surface area contributed by atoms with E-state index in [9.17, 15) is 9.59 Å². The van der Waals surface area contributed by atoms with Gasteiger partial charge < -0.3 is 21.3 Å². The van der Waals surface area contributed by atoms with Crippen LogP contribution in [0.1, 0.15) is 36.9 Å². The van der Waals surface area contributed by atoms with Crippen LogP contribution in [0.15, 0.2) is 48.5 Å². The molecule has 1 atom stereocenters. The lowest BCUT2D eigenvalue weighted by atomic mass is 10.0. The number of nitrogens with zero attached hydrogens (tertiary/aromatic N) is 2. The first-order chi connectivity index (χ1) is 14.6. The standard InChI is InChI=1S/C12H16N4O2.C6H6.C5H11N/c1-8-9(2-3-11(13)15-8)6-14-12(18)10-4-5-16(10)7-17;2*1-2-4-6-5-3-1/h2-3,7,10H,4-6H2,1H3,(H2,13,15)(H,14,18);1-6H;6H,1-5H2. The highest BCUT2D eigenvalue weighted by Gasteiger charge is 2.32. The lowest BCUT2D eigenvalue weighted by molar-refractivity contribution is -0.139. The number of benzene rings is 1. The molecule has 0 saturated carbocycles. The van der Waals surface area contributed by atoms with Crippen molar-refractivity contribution in [2.75, 3.05) is 25.4 Å². The molecule has 2 amide bonds. The third kappa shape index (κ3) is 8.21. The first kappa shape index (κ1) is 23.3. The summed E-state index contributed by atoms with van der Waals surface area (Å²) < 4.78 is 0. The topological polar surface area (TPSA) is 100 Å². The van der Waals surface area contributed by atoms with Crippen molar-refractivity contribution in [3.05, 3.63) is 59.8 Å². The van der Waals surface area contributed by atoms with Gasteiger partial charge in [0.25, 0.3) is 0 Å². The Kier molecular flexibility index (Phi) is 10.4. The number of amides is 2. The number of hydrogen-bond acceptors (Lipinski definition) is 5. The highest BCUT2D eigenvalue weighted by atomic mass is 16.2. The van der Waals surface area contributed by atoms with Crippen molar-refractivity contribution < 1.29 is 9.59 Å². The van der Waals surface area contributed by atoms with Crippen LogP contribution in [0.2, 0.25) is 0 Å². The van der Waals surface area contributed by atoms with Gasteiger partial charge in [-0.25, -0.2) is 4.98 Å². The monoisotopic (exact) mass is 411 g/mol. The van der Waals surface area contributed by atoms with Crippen molar-refractivity contribution in [3.8, 4) is 0 Å². The van der Waals surface area contributed by atoms with Crippen LogP contribution >= 0.6 is 0 Å². The van der Waals surface area contributed by atoms with E-state index in [0.29, 0.717) is 25.3 Å². The number of aromatic nitrogens is 1. The van der Waals surface area contributed by atoms with E-state index in [2.05, 4.69) is 15.6 Å². The van der Waals surface area contributed by atoms with Gasteiger partial charge in [-0.1, -0.05) is 48.9 Å². The van der Waals surface area contributed by atoms with Crippen LogP contribution in [0.3, 0.4) is 0 Å². The molecule has 2 saturated heterocycles. The lowest BCUT2D eigenvalue weighted by Crippen LogP contribution is -2.55. The van der Waals surface area contributed by atoms with Crippen LogP contribution in [0.25, 0.3) is 0 Å². The van der Waals surface area contributed by atoms with Gasteiger partial charge in [0.15, 0.2) is 0 Å². The number of piperidine rings is 1. The maximum atomic E-state index is 11.8. The molecule has 7 nitrogen and oxygen atoms in total. The van der Waals surface area contributed by atoms with Gasteiger partial charge in [0.2, 0.25) is 12.3 Å². The second-order valence-corrected chi connectivity index (χ2v) is 7.31. The Morgan fingerprint density at radius 2 is 1.80 bits per heavy atom. The predicted molar refractivity (Wildman–Crippen MR) is 120 cm³/mol. The molecule has 2 aliphatic rings. The maximum absolute atomic E-state index is 11.8. The average Bonchev–Trinajstić information content (AvgIpc) is 2.76. The van der Waals surface area contributed by atoms with E-state index in [0.717, 1.165) is 17.7 Å². The van der Waals surface area contributed by atoms with Gasteiger partial charge in [-0.05, 0) is 50.9 Å². The predicted octanol–water partition coefficient (Wildman–Crippen LogP) is 2.27.